The van der Waals surface area contributed by atoms with E-state index in [1.165, 1.54) is 60.6 Å². The van der Waals surface area contributed by atoms with Gasteiger partial charge >= 0.3 is 0 Å². The number of unbranched alkanes of at least 4 members (excludes halogenated alkanes) is 1. The Bertz CT molecular complexity index is 1010. The standard InChI is InChI=1S/C25H30N2O.ClH/c1-2-3-13-27-24-7-5-4-6-22(24)23-9-8-21(17-25(23)27)28-16-12-20-18-26-14-10-19(20)11-15-26;/h4-9,12,17,19H,2-3,10-11,13-16,18H2,1H3;1H. The summed E-state index contributed by atoms with van der Waals surface area (Å²) in [5.41, 5.74) is 4.22. The molecule has 3 nitrogen and oxygen atoms in total. The summed E-state index contributed by atoms with van der Waals surface area (Å²) in [6.45, 7) is 7.71. The van der Waals surface area contributed by atoms with E-state index in [1.54, 1.807) is 5.57 Å². The van der Waals surface area contributed by atoms with Gasteiger partial charge in [-0.05, 0) is 62.5 Å². The Morgan fingerprint density at radius 1 is 1.03 bits per heavy atom. The summed E-state index contributed by atoms with van der Waals surface area (Å²) in [5, 5.41) is 2.67. The summed E-state index contributed by atoms with van der Waals surface area (Å²) in [6, 6.07) is 15.4. The fourth-order valence-electron chi connectivity index (χ4n) is 5.00. The van der Waals surface area contributed by atoms with Gasteiger partial charge in [0.2, 0.25) is 0 Å². The third-order valence-electron chi connectivity index (χ3n) is 6.59. The lowest BCUT2D eigenvalue weighted by molar-refractivity contribution is 0.160. The molecule has 0 atom stereocenters. The number of para-hydroxylation sites is 1. The summed E-state index contributed by atoms with van der Waals surface area (Å²) < 4.78 is 8.64. The number of ether oxygens (including phenoxy) is 1. The van der Waals surface area contributed by atoms with Crippen molar-refractivity contribution in [1.29, 1.82) is 0 Å². The molecule has 3 saturated heterocycles. The summed E-state index contributed by atoms with van der Waals surface area (Å²) in [6.07, 6.45) is 7.40. The van der Waals surface area contributed by atoms with Gasteiger partial charge in [0.25, 0.3) is 0 Å². The SMILES string of the molecule is CCCCn1c2ccccc2c2ccc(OCC=C3CN4CCC3CC4)cc21.Cl. The maximum Gasteiger partial charge on any atom is 0.121 e. The molecular weight excluding hydrogens is 380 g/mol. The molecule has 0 unspecified atom stereocenters. The van der Waals surface area contributed by atoms with Crippen molar-refractivity contribution >= 4 is 34.2 Å². The van der Waals surface area contributed by atoms with E-state index in [4.69, 9.17) is 4.74 Å². The van der Waals surface area contributed by atoms with Crippen LogP contribution in [0.25, 0.3) is 21.8 Å². The number of nitrogens with zero attached hydrogens (tertiary/aromatic N) is 2. The molecule has 3 aliphatic heterocycles. The van der Waals surface area contributed by atoms with Gasteiger partial charge in [-0.2, -0.15) is 0 Å². The lowest BCUT2D eigenvalue weighted by atomic mass is 9.84. The van der Waals surface area contributed by atoms with Crippen molar-refractivity contribution < 1.29 is 4.74 Å². The molecule has 0 aliphatic carbocycles. The zero-order valence-corrected chi connectivity index (χ0v) is 18.1. The van der Waals surface area contributed by atoms with Crippen molar-refractivity contribution in [1.82, 2.24) is 9.47 Å². The van der Waals surface area contributed by atoms with Crippen LogP contribution in [-0.2, 0) is 6.54 Å². The molecule has 4 heteroatoms. The van der Waals surface area contributed by atoms with Gasteiger partial charge in [-0.15, -0.1) is 12.4 Å². The first-order valence-electron chi connectivity index (χ1n) is 10.9. The van der Waals surface area contributed by atoms with Crippen LogP contribution in [0.1, 0.15) is 32.6 Å². The highest BCUT2D eigenvalue weighted by atomic mass is 35.5. The lowest BCUT2D eigenvalue weighted by Crippen LogP contribution is -2.43. The fraction of sp³-hybridized carbons (Fsp3) is 0.440. The molecule has 0 spiro atoms. The Balaban J connectivity index is 0.00000205. The molecule has 0 saturated carbocycles. The zero-order valence-electron chi connectivity index (χ0n) is 17.3. The molecule has 29 heavy (non-hydrogen) atoms. The Morgan fingerprint density at radius 3 is 2.59 bits per heavy atom. The third-order valence-corrected chi connectivity index (χ3v) is 6.59. The first kappa shape index (κ1) is 20.3. The van der Waals surface area contributed by atoms with Crippen LogP contribution < -0.4 is 4.74 Å². The minimum Gasteiger partial charge on any atom is -0.489 e. The first-order valence-corrected chi connectivity index (χ1v) is 10.9. The van der Waals surface area contributed by atoms with Crippen LogP contribution >= 0.6 is 12.4 Å². The Kier molecular flexibility index (Phi) is 6.17. The maximum atomic E-state index is 6.17. The molecule has 0 amide bonds. The van der Waals surface area contributed by atoms with E-state index in [2.05, 4.69) is 64.9 Å². The largest absolute Gasteiger partial charge is 0.489 e. The molecule has 3 fully saturated rings. The van der Waals surface area contributed by atoms with Gasteiger partial charge in [0, 0.05) is 35.4 Å². The molecule has 2 aromatic carbocycles. The van der Waals surface area contributed by atoms with E-state index in [0.29, 0.717) is 6.61 Å². The van der Waals surface area contributed by atoms with Gasteiger partial charge in [0.1, 0.15) is 12.4 Å². The predicted molar refractivity (Wildman–Crippen MR) is 124 cm³/mol. The minimum atomic E-state index is 0. The summed E-state index contributed by atoms with van der Waals surface area (Å²) in [5.74, 6) is 1.78. The number of aryl methyl sites for hydroxylation is 1. The second-order valence-electron chi connectivity index (χ2n) is 8.34. The van der Waals surface area contributed by atoms with Crippen molar-refractivity contribution in [2.75, 3.05) is 26.2 Å². The first-order chi connectivity index (χ1) is 13.8. The van der Waals surface area contributed by atoms with Crippen LogP contribution in [0, 0.1) is 5.92 Å². The Hall–Kier alpha value is -1.97. The molecule has 0 N–H and O–H groups in total. The van der Waals surface area contributed by atoms with Crippen molar-refractivity contribution in [3.05, 3.63) is 54.1 Å². The minimum absolute atomic E-state index is 0. The average Bonchev–Trinajstić information content (AvgIpc) is 3.06. The van der Waals surface area contributed by atoms with Crippen molar-refractivity contribution in [2.24, 2.45) is 5.92 Å². The third kappa shape index (κ3) is 3.91. The van der Waals surface area contributed by atoms with Gasteiger partial charge in [-0.25, -0.2) is 0 Å². The van der Waals surface area contributed by atoms with Crippen LogP contribution in [0.3, 0.4) is 0 Å². The van der Waals surface area contributed by atoms with E-state index in [1.807, 2.05) is 0 Å². The molecule has 3 aliphatic rings. The average molecular weight is 411 g/mol. The summed E-state index contributed by atoms with van der Waals surface area (Å²) in [4.78, 5) is 2.57. The second kappa shape index (κ2) is 8.81. The number of hydrogen-bond donors (Lipinski definition) is 0. The number of benzene rings is 2. The van der Waals surface area contributed by atoms with Gasteiger partial charge in [0.15, 0.2) is 0 Å². The van der Waals surface area contributed by atoms with Gasteiger partial charge in [-0.1, -0.05) is 37.1 Å². The van der Waals surface area contributed by atoms with Crippen LogP contribution in [0.5, 0.6) is 5.75 Å². The van der Waals surface area contributed by atoms with Crippen molar-refractivity contribution in [3.8, 4) is 5.75 Å². The van der Waals surface area contributed by atoms with E-state index in [0.717, 1.165) is 24.8 Å². The zero-order chi connectivity index (χ0) is 18.9. The van der Waals surface area contributed by atoms with Gasteiger partial charge in [-0.3, -0.25) is 4.90 Å². The van der Waals surface area contributed by atoms with Crippen molar-refractivity contribution in [3.63, 3.8) is 0 Å². The van der Waals surface area contributed by atoms with E-state index in [9.17, 15) is 0 Å². The number of hydrogen-bond acceptors (Lipinski definition) is 2. The monoisotopic (exact) mass is 410 g/mol. The van der Waals surface area contributed by atoms with Gasteiger partial charge in [0.05, 0.1) is 5.52 Å². The van der Waals surface area contributed by atoms with Crippen LogP contribution in [0.4, 0.5) is 0 Å². The molecule has 154 valence electrons. The molecule has 0 radical (unpaired) electrons. The number of piperidine rings is 3. The molecule has 1 aromatic heterocycles. The number of rotatable bonds is 6. The molecule has 6 rings (SSSR count). The highest BCUT2D eigenvalue weighted by Gasteiger charge is 2.28. The van der Waals surface area contributed by atoms with Crippen LogP contribution in [0.2, 0.25) is 0 Å². The lowest BCUT2D eigenvalue weighted by Gasteiger charge is -2.41. The topological polar surface area (TPSA) is 17.4 Å². The van der Waals surface area contributed by atoms with Gasteiger partial charge < -0.3 is 9.30 Å². The van der Waals surface area contributed by atoms with E-state index < -0.39 is 0 Å². The van der Waals surface area contributed by atoms with Crippen LogP contribution in [0.15, 0.2) is 54.1 Å². The Morgan fingerprint density at radius 2 is 1.83 bits per heavy atom. The highest BCUT2D eigenvalue weighted by Crippen LogP contribution is 2.33. The molecule has 4 heterocycles. The predicted octanol–water partition coefficient (Wildman–Crippen LogP) is 6.05. The summed E-state index contributed by atoms with van der Waals surface area (Å²) in [7, 11) is 0. The van der Waals surface area contributed by atoms with E-state index in [-0.39, 0.29) is 12.4 Å². The second-order valence-corrected chi connectivity index (χ2v) is 8.34. The normalized spacial score (nSPS) is 22.3. The van der Waals surface area contributed by atoms with Crippen molar-refractivity contribution in [2.45, 2.75) is 39.2 Å². The number of fused-ring (bicyclic) bond motifs is 6. The van der Waals surface area contributed by atoms with E-state index >= 15 is 0 Å². The number of halogens is 1. The fourth-order valence-corrected chi connectivity index (χ4v) is 5.00. The molecule has 2 bridgehead atoms. The number of aromatic nitrogens is 1. The molecule has 3 aromatic rings. The summed E-state index contributed by atoms with van der Waals surface area (Å²) >= 11 is 0. The Labute approximate surface area is 179 Å². The quantitative estimate of drug-likeness (QED) is 0.460. The highest BCUT2D eigenvalue weighted by molar-refractivity contribution is 6.08. The molecular formula is C25H31ClN2O. The smallest absolute Gasteiger partial charge is 0.121 e. The maximum absolute atomic E-state index is 6.17. The van der Waals surface area contributed by atoms with Crippen LogP contribution in [-0.4, -0.2) is 35.7 Å².